The third-order valence-corrected chi connectivity index (χ3v) is 3.15. The topological polar surface area (TPSA) is 89.3 Å². The van der Waals surface area contributed by atoms with Crippen molar-refractivity contribution in [2.24, 2.45) is 11.0 Å². The average molecular weight is 267 g/mol. The lowest BCUT2D eigenvalue weighted by Gasteiger charge is -2.19. The molecule has 1 saturated heterocycles. The molecule has 1 heterocycles. The zero-order valence-corrected chi connectivity index (χ0v) is 10.2. The van der Waals surface area contributed by atoms with E-state index < -0.39 is 0 Å². The molecule has 1 atom stereocenters. The molecule has 6 nitrogen and oxygen atoms in total. The third kappa shape index (κ3) is 2.34. The summed E-state index contributed by atoms with van der Waals surface area (Å²) in [6.45, 7) is 0.666. The maximum absolute atomic E-state index is 11.9. The molecular formula is C11H11ClN4O2. The van der Waals surface area contributed by atoms with Crippen molar-refractivity contribution >= 4 is 23.2 Å². The number of rotatable bonds is 3. The number of phenolic OH excluding ortho intramolecular Hbond substituents is 1. The van der Waals surface area contributed by atoms with E-state index >= 15 is 0 Å². The second-order valence-corrected chi connectivity index (χ2v) is 4.50. The number of hydrogen-bond acceptors (Lipinski definition) is 3. The Morgan fingerprint density at radius 2 is 2.39 bits per heavy atom. The van der Waals surface area contributed by atoms with Crippen LogP contribution in [0.4, 0.5) is 5.69 Å². The molecule has 0 aliphatic carbocycles. The molecule has 0 aromatic heterocycles. The first-order valence-electron chi connectivity index (χ1n) is 5.42. The average Bonchev–Trinajstić information content (AvgIpc) is 2.68. The molecule has 0 spiro atoms. The van der Waals surface area contributed by atoms with Crippen LogP contribution in [0.15, 0.2) is 23.3 Å². The van der Waals surface area contributed by atoms with Crippen molar-refractivity contribution in [3.05, 3.63) is 33.7 Å². The molecule has 18 heavy (non-hydrogen) atoms. The van der Waals surface area contributed by atoms with Crippen LogP contribution in [0.25, 0.3) is 10.4 Å². The largest absolute Gasteiger partial charge is 0.506 e. The number of azide groups is 1. The lowest BCUT2D eigenvalue weighted by atomic mass is 10.1. The molecule has 0 radical (unpaired) electrons. The Hall–Kier alpha value is -1.91. The molecule has 1 aliphatic heterocycles. The van der Waals surface area contributed by atoms with Crippen LogP contribution in [0, 0.1) is 5.92 Å². The molecule has 1 fully saturated rings. The number of nitrogens with zero attached hydrogens (tertiary/aromatic N) is 4. The van der Waals surface area contributed by atoms with Crippen molar-refractivity contribution in [2.45, 2.75) is 6.42 Å². The fourth-order valence-electron chi connectivity index (χ4n) is 2.04. The number of aromatic hydroxyl groups is 1. The van der Waals surface area contributed by atoms with Gasteiger partial charge in [-0.3, -0.25) is 4.79 Å². The number of carbonyl (C=O) groups is 1. The van der Waals surface area contributed by atoms with E-state index in [1.807, 2.05) is 0 Å². The SMILES string of the molecule is [N-]=[N+]=NCC1CC(=O)N(c2c(O)cccc2Cl)C1. The van der Waals surface area contributed by atoms with Crippen molar-refractivity contribution in [1.82, 2.24) is 0 Å². The Labute approximate surface area is 108 Å². The minimum Gasteiger partial charge on any atom is -0.506 e. The van der Waals surface area contributed by atoms with E-state index in [4.69, 9.17) is 17.1 Å². The summed E-state index contributed by atoms with van der Waals surface area (Å²) in [6, 6.07) is 4.71. The highest BCUT2D eigenvalue weighted by molar-refractivity contribution is 6.34. The quantitative estimate of drug-likeness (QED) is 0.518. The summed E-state index contributed by atoms with van der Waals surface area (Å²) in [5.41, 5.74) is 8.59. The van der Waals surface area contributed by atoms with Gasteiger partial charge < -0.3 is 10.0 Å². The Balaban J connectivity index is 2.24. The van der Waals surface area contributed by atoms with Gasteiger partial charge in [0.15, 0.2) is 0 Å². The van der Waals surface area contributed by atoms with E-state index in [0.29, 0.717) is 23.7 Å². The van der Waals surface area contributed by atoms with Gasteiger partial charge in [-0.15, -0.1) is 0 Å². The van der Waals surface area contributed by atoms with Crippen LogP contribution >= 0.6 is 11.6 Å². The predicted octanol–water partition coefficient (Wildman–Crippen LogP) is 2.71. The van der Waals surface area contributed by atoms with E-state index in [9.17, 15) is 9.90 Å². The first-order valence-corrected chi connectivity index (χ1v) is 5.80. The lowest BCUT2D eigenvalue weighted by Crippen LogP contribution is -2.25. The Bertz CT molecular complexity index is 508. The van der Waals surface area contributed by atoms with Crippen LogP contribution in [-0.2, 0) is 4.79 Å². The number of para-hydroxylation sites is 1. The minimum absolute atomic E-state index is 0.0275. The second-order valence-electron chi connectivity index (χ2n) is 4.10. The molecule has 1 unspecified atom stereocenters. The van der Waals surface area contributed by atoms with E-state index in [-0.39, 0.29) is 24.1 Å². The minimum atomic E-state index is -0.128. The van der Waals surface area contributed by atoms with Crippen molar-refractivity contribution in [3.8, 4) is 5.75 Å². The number of benzene rings is 1. The molecule has 2 rings (SSSR count). The molecule has 1 aromatic rings. The van der Waals surface area contributed by atoms with Gasteiger partial charge in [-0.1, -0.05) is 22.8 Å². The monoisotopic (exact) mass is 266 g/mol. The molecule has 0 saturated carbocycles. The van der Waals surface area contributed by atoms with Gasteiger partial charge >= 0.3 is 0 Å². The zero-order valence-electron chi connectivity index (χ0n) is 9.45. The summed E-state index contributed by atoms with van der Waals surface area (Å²) >= 11 is 5.99. The third-order valence-electron chi connectivity index (χ3n) is 2.84. The van der Waals surface area contributed by atoms with Crippen molar-refractivity contribution in [3.63, 3.8) is 0 Å². The van der Waals surface area contributed by atoms with Gasteiger partial charge in [-0.05, 0) is 23.6 Å². The van der Waals surface area contributed by atoms with Gasteiger partial charge in [-0.2, -0.15) is 0 Å². The van der Waals surface area contributed by atoms with Gasteiger partial charge in [0.25, 0.3) is 0 Å². The predicted molar refractivity (Wildman–Crippen MR) is 67.6 cm³/mol. The second kappa shape index (κ2) is 5.16. The molecule has 94 valence electrons. The maximum Gasteiger partial charge on any atom is 0.227 e. The normalized spacial score (nSPS) is 18.8. The highest BCUT2D eigenvalue weighted by Crippen LogP contribution is 2.38. The van der Waals surface area contributed by atoms with Crippen LogP contribution in [0.3, 0.4) is 0 Å². The van der Waals surface area contributed by atoms with Gasteiger partial charge in [-0.25, -0.2) is 0 Å². The van der Waals surface area contributed by atoms with Gasteiger partial charge in [0.05, 0.1) is 5.02 Å². The maximum atomic E-state index is 11.9. The van der Waals surface area contributed by atoms with E-state index in [1.54, 1.807) is 12.1 Å². The highest BCUT2D eigenvalue weighted by Gasteiger charge is 2.32. The molecule has 1 aliphatic rings. The highest BCUT2D eigenvalue weighted by atomic mass is 35.5. The van der Waals surface area contributed by atoms with Gasteiger partial charge in [0, 0.05) is 24.4 Å². The lowest BCUT2D eigenvalue weighted by molar-refractivity contribution is -0.117. The van der Waals surface area contributed by atoms with Crippen molar-refractivity contribution in [1.29, 1.82) is 0 Å². The number of halogens is 1. The van der Waals surface area contributed by atoms with Crippen LogP contribution in [-0.4, -0.2) is 24.1 Å². The van der Waals surface area contributed by atoms with E-state index in [0.717, 1.165) is 0 Å². The van der Waals surface area contributed by atoms with Crippen molar-refractivity contribution < 1.29 is 9.90 Å². The van der Waals surface area contributed by atoms with Gasteiger partial charge in [0.1, 0.15) is 11.4 Å². The van der Waals surface area contributed by atoms with Gasteiger partial charge in [0.2, 0.25) is 5.91 Å². The molecule has 0 bridgehead atoms. The molecule has 1 N–H and O–H groups in total. The van der Waals surface area contributed by atoms with E-state index in [2.05, 4.69) is 10.0 Å². The standard InChI is InChI=1S/C11H11ClN4O2/c12-8-2-1-3-9(17)11(8)16-6-7(4-10(16)18)5-14-15-13/h1-3,7,17H,4-6H2. The molecule has 7 heteroatoms. The summed E-state index contributed by atoms with van der Waals surface area (Å²) in [6.07, 6.45) is 0.295. The number of carbonyl (C=O) groups excluding carboxylic acids is 1. The van der Waals surface area contributed by atoms with Crippen LogP contribution < -0.4 is 4.90 Å². The molecule has 1 amide bonds. The summed E-state index contributed by atoms with van der Waals surface area (Å²) in [4.78, 5) is 16.0. The number of anilines is 1. The number of phenols is 1. The Morgan fingerprint density at radius 3 is 3.06 bits per heavy atom. The smallest absolute Gasteiger partial charge is 0.227 e. The summed E-state index contributed by atoms with van der Waals surface area (Å²) < 4.78 is 0. The molecule has 1 aromatic carbocycles. The van der Waals surface area contributed by atoms with Crippen LogP contribution in [0.2, 0.25) is 5.02 Å². The fraction of sp³-hybridized carbons (Fsp3) is 0.364. The first-order chi connectivity index (χ1) is 8.63. The number of hydrogen-bond donors (Lipinski definition) is 1. The summed E-state index contributed by atoms with van der Waals surface area (Å²) in [7, 11) is 0. The zero-order chi connectivity index (χ0) is 13.1. The van der Waals surface area contributed by atoms with Crippen LogP contribution in [0.1, 0.15) is 6.42 Å². The summed E-state index contributed by atoms with van der Waals surface area (Å²) in [5, 5.41) is 13.6. The van der Waals surface area contributed by atoms with Crippen LogP contribution in [0.5, 0.6) is 5.75 Å². The van der Waals surface area contributed by atoms with E-state index in [1.165, 1.54) is 11.0 Å². The Morgan fingerprint density at radius 1 is 1.61 bits per heavy atom. The fourth-order valence-corrected chi connectivity index (χ4v) is 2.31. The number of amides is 1. The first kappa shape index (κ1) is 12.5. The molecular weight excluding hydrogens is 256 g/mol. The van der Waals surface area contributed by atoms with Crippen molar-refractivity contribution in [2.75, 3.05) is 18.0 Å². The Kier molecular flexibility index (Phi) is 3.60. The summed E-state index contributed by atoms with van der Waals surface area (Å²) in [5.74, 6) is -0.194.